The van der Waals surface area contributed by atoms with Crippen LogP contribution < -0.4 is 5.32 Å². The number of anilines is 1. The van der Waals surface area contributed by atoms with Gasteiger partial charge < -0.3 is 9.73 Å². The van der Waals surface area contributed by atoms with Crippen molar-refractivity contribution in [1.82, 2.24) is 4.98 Å². The van der Waals surface area contributed by atoms with E-state index in [-0.39, 0.29) is 0 Å². The lowest BCUT2D eigenvalue weighted by atomic mass is 10.2. The molecule has 0 aliphatic rings. The highest BCUT2D eigenvalue weighted by Crippen LogP contribution is 2.20. The van der Waals surface area contributed by atoms with Crippen LogP contribution in [0.3, 0.4) is 0 Å². The largest absolute Gasteiger partial charge is 0.424 e. The first-order valence-corrected chi connectivity index (χ1v) is 5.96. The van der Waals surface area contributed by atoms with Gasteiger partial charge in [0.1, 0.15) is 5.52 Å². The van der Waals surface area contributed by atoms with Gasteiger partial charge in [-0.25, -0.2) is 0 Å². The van der Waals surface area contributed by atoms with Gasteiger partial charge >= 0.3 is 0 Å². The molecule has 0 spiro atoms. The van der Waals surface area contributed by atoms with E-state index in [1.54, 1.807) is 0 Å². The van der Waals surface area contributed by atoms with Gasteiger partial charge in [0.05, 0.1) is 0 Å². The smallest absolute Gasteiger partial charge is 0.295 e. The summed E-state index contributed by atoms with van der Waals surface area (Å²) in [6.07, 6.45) is 0. The molecule has 1 heterocycles. The Morgan fingerprint density at radius 2 is 1.94 bits per heavy atom. The normalized spacial score (nSPS) is 10.7. The highest BCUT2D eigenvalue weighted by molar-refractivity contribution is 5.75. The second-order valence-corrected chi connectivity index (χ2v) is 4.33. The fourth-order valence-electron chi connectivity index (χ4n) is 1.89. The zero-order valence-electron chi connectivity index (χ0n) is 10.2. The summed E-state index contributed by atoms with van der Waals surface area (Å²) in [7, 11) is 0. The third kappa shape index (κ3) is 2.20. The average molecular weight is 238 g/mol. The van der Waals surface area contributed by atoms with Crippen LogP contribution in [0, 0.1) is 6.92 Å². The lowest BCUT2D eigenvalue weighted by Crippen LogP contribution is -1.98. The molecular weight excluding hydrogens is 224 g/mol. The van der Waals surface area contributed by atoms with Crippen molar-refractivity contribution in [3.8, 4) is 0 Å². The monoisotopic (exact) mass is 238 g/mol. The minimum atomic E-state index is 0.569. The third-order valence-corrected chi connectivity index (χ3v) is 2.83. The topological polar surface area (TPSA) is 38.1 Å². The van der Waals surface area contributed by atoms with Crippen LogP contribution in [-0.2, 0) is 6.54 Å². The summed E-state index contributed by atoms with van der Waals surface area (Å²) < 4.78 is 5.62. The number of rotatable bonds is 3. The van der Waals surface area contributed by atoms with Crippen molar-refractivity contribution < 1.29 is 4.42 Å². The summed E-state index contributed by atoms with van der Waals surface area (Å²) >= 11 is 0. The van der Waals surface area contributed by atoms with Crippen LogP contribution in [0.25, 0.3) is 11.1 Å². The van der Waals surface area contributed by atoms with E-state index in [4.69, 9.17) is 4.42 Å². The summed E-state index contributed by atoms with van der Waals surface area (Å²) in [5, 5.41) is 3.19. The fourth-order valence-corrected chi connectivity index (χ4v) is 1.89. The Morgan fingerprint density at radius 3 is 2.78 bits per heavy atom. The van der Waals surface area contributed by atoms with Crippen LogP contribution in [-0.4, -0.2) is 4.98 Å². The van der Waals surface area contributed by atoms with Crippen molar-refractivity contribution in [3.05, 3.63) is 59.7 Å². The van der Waals surface area contributed by atoms with Crippen molar-refractivity contribution >= 4 is 17.1 Å². The minimum absolute atomic E-state index is 0.569. The second kappa shape index (κ2) is 4.53. The Morgan fingerprint density at radius 1 is 1.11 bits per heavy atom. The molecule has 0 saturated carbocycles. The van der Waals surface area contributed by atoms with E-state index in [1.165, 1.54) is 11.1 Å². The van der Waals surface area contributed by atoms with Gasteiger partial charge in [0.15, 0.2) is 5.58 Å². The number of nitrogens with zero attached hydrogens (tertiary/aromatic N) is 1. The number of oxazole rings is 1. The minimum Gasteiger partial charge on any atom is -0.424 e. The second-order valence-electron chi connectivity index (χ2n) is 4.33. The number of aromatic nitrogens is 1. The molecule has 0 atom stereocenters. The molecule has 3 aromatic rings. The number of aryl methyl sites for hydroxylation is 1. The first-order valence-electron chi connectivity index (χ1n) is 5.96. The van der Waals surface area contributed by atoms with E-state index >= 15 is 0 Å². The number of hydrogen-bond acceptors (Lipinski definition) is 3. The van der Waals surface area contributed by atoms with E-state index in [0.29, 0.717) is 12.6 Å². The summed E-state index contributed by atoms with van der Waals surface area (Å²) in [5.41, 5.74) is 4.10. The van der Waals surface area contributed by atoms with Crippen molar-refractivity contribution in [2.45, 2.75) is 13.5 Å². The highest BCUT2D eigenvalue weighted by Gasteiger charge is 2.04. The molecule has 0 unspecified atom stereocenters. The van der Waals surface area contributed by atoms with Crippen molar-refractivity contribution in [3.63, 3.8) is 0 Å². The molecule has 0 saturated heterocycles. The van der Waals surface area contributed by atoms with Crippen LogP contribution in [0.1, 0.15) is 11.1 Å². The Kier molecular flexibility index (Phi) is 2.73. The summed E-state index contributed by atoms with van der Waals surface area (Å²) in [4.78, 5) is 4.41. The van der Waals surface area contributed by atoms with E-state index in [1.807, 2.05) is 43.3 Å². The Bertz CT molecular complexity index is 659. The number of hydrogen-bond donors (Lipinski definition) is 1. The van der Waals surface area contributed by atoms with Gasteiger partial charge in [-0.2, -0.15) is 4.98 Å². The highest BCUT2D eigenvalue weighted by atomic mass is 16.4. The molecule has 3 heteroatoms. The zero-order chi connectivity index (χ0) is 12.4. The van der Waals surface area contributed by atoms with Crippen molar-refractivity contribution in [1.29, 1.82) is 0 Å². The molecule has 2 aromatic carbocycles. The number of nitrogens with one attached hydrogen (secondary N) is 1. The van der Waals surface area contributed by atoms with Crippen molar-refractivity contribution in [2.75, 3.05) is 5.32 Å². The van der Waals surface area contributed by atoms with Gasteiger partial charge in [-0.1, -0.05) is 36.4 Å². The lowest BCUT2D eigenvalue weighted by Gasteiger charge is -2.00. The van der Waals surface area contributed by atoms with Gasteiger partial charge in [-0.3, -0.25) is 0 Å². The predicted octanol–water partition coefficient (Wildman–Crippen LogP) is 3.75. The van der Waals surface area contributed by atoms with E-state index < -0.39 is 0 Å². The maximum Gasteiger partial charge on any atom is 0.295 e. The molecule has 3 nitrogen and oxygen atoms in total. The van der Waals surface area contributed by atoms with Gasteiger partial charge in [0, 0.05) is 6.54 Å². The molecular formula is C15H14N2O. The SMILES string of the molecule is Cc1ccc2oc(NCc3ccccc3)nc2c1. The summed E-state index contributed by atoms with van der Waals surface area (Å²) in [6, 6.07) is 16.7. The summed E-state index contributed by atoms with van der Waals surface area (Å²) in [5.74, 6) is 0. The first-order chi connectivity index (χ1) is 8.81. The van der Waals surface area contributed by atoms with Crippen LogP contribution >= 0.6 is 0 Å². The maximum atomic E-state index is 5.62. The van der Waals surface area contributed by atoms with E-state index in [0.717, 1.165) is 11.1 Å². The molecule has 0 aliphatic carbocycles. The molecule has 1 N–H and O–H groups in total. The van der Waals surface area contributed by atoms with Crippen LogP contribution in [0.4, 0.5) is 6.01 Å². The van der Waals surface area contributed by atoms with Gasteiger partial charge in [0.2, 0.25) is 0 Å². The standard InChI is InChI=1S/C15H14N2O/c1-11-7-8-14-13(9-11)17-15(18-14)16-10-12-5-3-2-4-6-12/h2-9H,10H2,1H3,(H,16,17). The van der Waals surface area contributed by atoms with Gasteiger partial charge in [0.25, 0.3) is 6.01 Å². The Hall–Kier alpha value is -2.29. The Labute approximate surface area is 105 Å². The molecule has 3 rings (SSSR count). The van der Waals surface area contributed by atoms with Crippen molar-refractivity contribution in [2.24, 2.45) is 0 Å². The van der Waals surface area contributed by atoms with Gasteiger partial charge in [-0.05, 0) is 30.2 Å². The molecule has 0 radical (unpaired) electrons. The third-order valence-electron chi connectivity index (χ3n) is 2.83. The Balaban J connectivity index is 1.79. The molecule has 0 amide bonds. The zero-order valence-corrected chi connectivity index (χ0v) is 10.2. The van der Waals surface area contributed by atoms with E-state index in [9.17, 15) is 0 Å². The molecule has 0 aliphatic heterocycles. The molecule has 90 valence electrons. The van der Waals surface area contributed by atoms with E-state index in [2.05, 4.69) is 22.4 Å². The molecule has 0 bridgehead atoms. The lowest BCUT2D eigenvalue weighted by molar-refractivity contribution is 0.614. The number of fused-ring (bicyclic) bond motifs is 1. The quantitative estimate of drug-likeness (QED) is 0.755. The van der Waals surface area contributed by atoms with Crippen LogP contribution in [0.15, 0.2) is 52.9 Å². The predicted molar refractivity (Wildman–Crippen MR) is 72.5 cm³/mol. The van der Waals surface area contributed by atoms with Gasteiger partial charge in [-0.15, -0.1) is 0 Å². The first kappa shape index (κ1) is 10.8. The molecule has 0 fully saturated rings. The molecule has 1 aromatic heterocycles. The fraction of sp³-hybridized carbons (Fsp3) is 0.133. The summed E-state index contributed by atoms with van der Waals surface area (Å²) in [6.45, 7) is 2.76. The maximum absolute atomic E-state index is 5.62. The number of benzene rings is 2. The average Bonchev–Trinajstić information content (AvgIpc) is 2.79. The van der Waals surface area contributed by atoms with Crippen LogP contribution in [0.2, 0.25) is 0 Å². The van der Waals surface area contributed by atoms with Crippen LogP contribution in [0.5, 0.6) is 0 Å². The molecule has 18 heavy (non-hydrogen) atoms.